The highest BCUT2D eigenvalue weighted by Crippen LogP contribution is 2.55. The third-order valence-electron chi connectivity index (χ3n) is 4.50. The molecule has 0 aliphatic rings. The molecule has 0 spiro atoms. The van der Waals surface area contributed by atoms with Gasteiger partial charge in [-0.1, -0.05) is 65.8 Å². The molecule has 2 amide bonds. The molecule has 0 atom stereocenters. The van der Waals surface area contributed by atoms with Gasteiger partial charge in [0, 0.05) is 5.56 Å². The summed E-state index contributed by atoms with van der Waals surface area (Å²) in [7, 11) is 0. The number of imide groups is 1. The van der Waals surface area contributed by atoms with Gasteiger partial charge in [-0.15, -0.1) is 0 Å². The van der Waals surface area contributed by atoms with Gasteiger partial charge in [0.1, 0.15) is 5.84 Å². The fraction of sp³-hybridized carbons (Fsp3) is 0.500. The van der Waals surface area contributed by atoms with Crippen LogP contribution >= 0.6 is 0 Å². The van der Waals surface area contributed by atoms with Crippen molar-refractivity contribution in [3.05, 3.63) is 35.4 Å². The van der Waals surface area contributed by atoms with Crippen molar-refractivity contribution in [1.29, 1.82) is 5.41 Å². The third kappa shape index (κ3) is 3.31. The van der Waals surface area contributed by atoms with Crippen molar-refractivity contribution in [3.63, 3.8) is 0 Å². The minimum atomic E-state index is -1.53. The van der Waals surface area contributed by atoms with Crippen LogP contribution in [0.15, 0.2) is 24.3 Å². The van der Waals surface area contributed by atoms with Crippen LogP contribution in [0.1, 0.15) is 52.7 Å². The summed E-state index contributed by atoms with van der Waals surface area (Å²) in [5, 5.41) is 26.9. The molecule has 7 nitrogen and oxygen atoms in total. The van der Waals surface area contributed by atoms with Gasteiger partial charge in [0.25, 0.3) is 0 Å². The number of hydrogen-bond donors (Lipinski definition) is 4. The van der Waals surface area contributed by atoms with E-state index in [0.29, 0.717) is 16.0 Å². The summed E-state index contributed by atoms with van der Waals surface area (Å²) < 4.78 is 0. The average molecular weight is 349 g/mol. The molecule has 0 saturated carbocycles. The zero-order valence-electron chi connectivity index (χ0n) is 15.5. The number of amides is 2. The van der Waals surface area contributed by atoms with Crippen LogP contribution in [0.25, 0.3) is 0 Å². The van der Waals surface area contributed by atoms with E-state index < -0.39 is 28.6 Å². The van der Waals surface area contributed by atoms with E-state index in [1.165, 1.54) is 0 Å². The maximum absolute atomic E-state index is 11.9. The lowest BCUT2D eigenvalue weighted by atomic mass is 9.56. The summed E-state index contributed by atoms with van der Waals surface area (Å²) in [6.07, 6.45) is -3.07. The summed E-state index contributed by atoms with van der Waals surface area (Å²) in [6, 6.07) is 6.50. The van der Waals surface area contributed by atoms with Crippen molar-refractivity contribution in [1.82, 2.24) is 4.90 Å². The van der Waals surface area contributed by atoms with Crippen LogP contribution in [-0.4, -0.2) is 33.1 Å². The second kappa shape index (κ2) is 6.38. The Morgan fingerprint density at radius 3 is 1.52 bits per heavy atom. The van der Waals surface area contributed by atoms with Crippen LogP contribution in [0.4, 0.5) is 9.59 Å². The van der Waals surface area contributed by atoms with Crippen LogP contribution in [0.2, 0.25) is 0 Å². The fourth-order valence-corrected chi connectivity index (χ4v) is 4.05. The highest BCUT2D eigenvalue weighted by atomic mass is 16.4. The maximum atomic E-state index is 11.9. The van der Waals surface area contributed by atoms with Gasteiger partial charge in [0.05, 0.1) is 5.54 Å². The second-order valence-corrected chi connectivity index (χ2v) is 8.10. The predicted octanol–water partition coefficient (Wildman–Crippen LogP) is 3.92. The lowest BCUT2D eigenvalue weighted by molar-refractivity contribution is -0.0664. The average Bonchev–Trinajstić information content (AvgIpc) is 2.40. The highest BCUT2D eigenvalue weighted by molar-refractivity contribution is 5.95. The van der Waals surface area contributed by atoms with Crippen molar-refractivity contribution < 1.29 is 19.8 Å². The fourth-order valence-electron chi connectivity index (χ4n) is 4.05. The molecule has 5 N–H and O–H groups in total. The van der Waals surface area contributed by atoms with Crippen LogP contribution < -0.4 is 5.73 Å². The molecular formula is C18H27N3O4. The quantitative estimate of drug-likeness (QED) is 0.486. The number of amidine groups is 1. The van der Waals surface area contributed by atoms with Gasteiger partial charge in [-0.25, -0.2) is 14.5 Å². The molecule has 0 heterocycles. The number of nitrogens with one attached hydrogen (secondary N) is 1. The molecule has 0 radical (unpaired) electrons. The zero-order valence-corrected chi connectivity index (χ0v) is 15.5. The molecule has 25 heavy (non-hydrogen) atoms. The van der Waals surface area contributed by atoms with Crippen LogP contribution in [0.3, 0.4) is 0 Å². The van der Waals surface area contributed by atoms with Gasteiger partial charge in [0.2, 0.25) is 0 Å². The van der Waals surface area contributed by atoms with Crippen molar-refractivity contribution in [2.24, 2.45) is 16.6 Å². The Balaban J connectivity index is 3.93. The first-order chi connectivity index (χ1) is 11.2. The Morgan fingerprint density at radius 2 is 1.28 bits per heavy atom. The van der Waals surface area contributed by atoms with Crippen molar-refractivity contribution in [2.75, 3.05) is 0 Å². The molecule has 0 aliphatic carbocycles. The molecule has 0 aromatic heterocycles. The standard InChI is InChI=1S/C18H27N3O4/c1-16(2,3)18(17(4,5)6,21(14(22)23)15(24)25)12-9-7-11(8-10-12)13(19)20/h7-10H,1-6H3,(H3,19,20)(H,22,23)(H,24,25). The Morgan fingerprint density at radius 1 is 0.920 bits per heavy atom. The molecule has 138 valence electrons. The molecule has 0 bridgehead atoms. The summed E-state index contributed by atoms with van der Waals surface area (Å²) in [6.45, 7) is 10.9. The van der Waals surface area contributed by atoms with Gasteiger partial charge in [-0.2, -0.15) is 0 Å². The largest absolute Gasteiger partial charge is 0.464 e. The van der Waals surface area contributed by atoms with Gasteiger partial charge in [0.15, 0.2) is 0 Å². The minimum Gasteiger partial charge on any atom is -0.464 e. The topological polar surface area (TPSA) is 128 Å². The minimum absolute atomic E-state index is 0.114. The Hall–Kier alpha value is -2.57. The van der Waals surface area contributed by atoms with Crippen molar-refractivity contribution >= 4 is 18.0 Å². The lowest BCUT2D eigenvalue weighted by Crippen LogP contribution is -2.64. The molecule has 0 unspecified atom stereocenters. The Kier molecular flexibility index (Phi) is 5.23. The number of carboxylic acid groups (broad SMARTS) is 2. The first-order valence-electron chi connectivity index (χ1n) is 7.89. The van der Waals surface area contributed by atoms with E-state index in [0.717, 1.165) is 0 Å². The van der Waals surface area contributed by atoms with E-state index in [1.807, 2.05) is 41.5 Å². The number of nitrogens with zero attached hydrogens (tertiary/aromatic N) is 1. The van der Waals surface area contributed by atoms with E-state index in [2.05, 4.69) is 0 Å². The number of rotatable bonds is 3. The van der Waals surface area contributed by atoms with E-state index in [1.54, 1.807) is 24.3 Å². The SMILES string of the molecule is CC(C)(C)C(c1ccc(C(=N)N)cc1)(N(C(=O)O)C(=O)O)C(C)(C)C. The molecule has 1 rings (SSSR count). The molecule has 1 aromatic rings. The van der Waals surface area contributed by atoms with Crippen molar-refractivity contribution in [3.8, 4) is 0 Å². The monoisotopic (exact) mass is 349 g/mol. The van der Waals surface area contributed by atoms with E-state index >= 15 is 0 Å². The van der Waals surface area contributed by atoms with Gasteiger partial charge in [-0.3, -0.25) is 5.41 Å². The summed E-state index contributed by atoms with van der Waals surface area (Å²) in [5.41, 5.74) is 3.63. The van der Waals surface area contributed by atoms with Crippen LogP contribution in [0.5, 0.6) is 0 Å². The first-order valence-corrected chi connectivity index (χ1v) is 7.89. The third-order valence-corrected chi connectivity index (χ3v) is 4.50. The zero-order chi connectivity index (χ0) is 19.8. The van der Waals surface area contributed by atoms with Crippen LogP contribution in [0, 0.1) is 16.2 Å². The number of carbonyl (C=O) groups is 2. The van der Waals surface area contributed by atoms with Gasteiger partial charge < -0.3 is 15.9 Å². The summed E-state index contributed by atoms with van der Waals surface area (Å²) in [5.74, 6) is -0.114. The molecule has 7 heteroatoms. The second-order valence-electron chi connectivity index (χ2n) is 8.10. The number of benzene rings is 1. The Bertz CT molecular complexity index is 654. The first kappa shape index (κ1) is 20.5. The van der Waals surface area contributed by atoms with E-state index in [9.17, 15) is 19.8 Å². The van der Waals surface area contributed by atoms with Crippen LogP contribution in [-0.2, 0) is 5.54 Å². The molecule has 0 fully saturated rings. The normalized spacial score (nSPS) is 12.6. The molecular weight excluding hydrogens is 322 g/mol. The summed E-state index contributed by atoms with van der Waals surface area (Å²) >= 11 is 0. The lowest BCUT2D eigenvalue weighted by Gasteiger charge is -2.56. The van der Waals surface area contributed by atoms with Gasteiger partial charge in [-0.05, 0) is 16.4 Å². The van der Waals surface area contributed by atoms with Gasteiger partial charge >= 0.3 is 12.2 Å². The number of hydrogen-bond acceptors (Lipinski definition) is 3. The van der Waals surface area contributed by atoms with Crippen molar-refractivity contribution in [2.45, 2.75) is 47.1 Å². The summed E-state index contributed by atoms with van der Waals surface area (Å²) in [4.78, 5) is 24.3. The Labute approximate surface area is 148 Å². The maximum Gasteiger partial charge on any atom is 0.417 e. The van der Waals surface area contributed by atoms with E-state index in [-0.39, 0.29) is 5.84 Å². The molecule has 0 aliphatic heterocycles. The predicted molar refractivity (Wildman–Crippen MR) is 95.9 cm³/mol. The van der Waals surface area contributed by atoms with E-state index in [4.69, 9.17) is 11.1 Å². The highest BCUT2D eigenvalue weighted by Gasteiger charge is 2.60. The smallest absolute Gasteiger partial charge is 0.417 e. The number of nitrogens with two attached hydrogens (primary N) is 1. The number of nitrogen functional groups attached to an aromatic ring is 1. The molecule has 1 aromatic carbocycles. The molecule has 0 saturated heterocycles.